The van der Waals surface area contributed by atoms with E-state index in [1.165, 1.54) is 6.07 Å². The first-order valence-corrected chi connectivity index (χ1v) is 6.47. The molecule has 0 aromatic heterocycles. The van der Waals surface area contributed by atoms with Crippen molar-refractivity contribution in [3.63, 3.8) is 0 Å². The minimum absolute atomic E-state index is 0.209. The van der Waals surface area contributed by atoms with Gasteiger partial charge in [-0.15, -0.1) is 0 Å². The van der Waals surface area contributed by atoms with Gasteiger partial charge in [0.2, 0.25) is 0 Å². The van der Waals surface area contributed by atoms with Gasteiger partial charge in [0.1, 0.15) is 5.75 Å². The third kappa shape index (κ3) is 3.79. The Hall–Kier alpha value is -1.91. The third-order valence-electron chi connectivity index (χ3n) is 2.87. The molecule has 0 saturated carbocycles. The number of hydrogen-bond donors (Lipinski definition) is 1. The molecule has 0 aliphatic rings. The van der Waals surface area contributed by atoms with Crippen LogP contribution in [0.3, 0.4) is 0 Å². The van der Waals surface area contributed by atoms with Gasteiger partial charge in [0.05, 0.1) is 6.61 Å². The van der Waals surface area contributed by atoms with E-state index in [2.05, 4.69) is 0 Å². The van der Waals surface area contributed by atoms with Gasteiger partial charge in [0.15, 0.2) is 11.6 Å². The summed E-state index contributed by atoms with van der Waals surface area (Å²) < 4.78 is 24.5. The van der Waals surface area contributed by atoms with Crippen molar-refractivity contribution in [2.75, 3.05) is 13.7 Å². The molecule has 0 aliphatic carbocycles. The van der Waals surface area contributed by atoms with Crippen LogP contribution in [0.1, 0.15) is 11.1 Å². The van der Waals surface area contributed by atoms with E-state index in [0.29, 0.717) is 25.3 Å². The molecule has 0 radical (unpaired) electrons. The van der Waals surface area contributed by atoms with E-state index >= 15 is 0 Å². The molecule has 2 N–H and O–H groups in total. The topological polar surface area (TPSA) is 44.5 Å². The van der Waals surface area contributed by atoms with E-state index in [9.17, 15) is 4.39 Å². The fourth-order valence-electron chi connectivity index (χ4n) is 1.94. The highest BCUT2D eigenvalue weighted by molar-refractivity contribution is 5.36. The molecule has 3 nitrogen and oxygen atoms in total. The summed E-state index contributed by atoms with van der Waals surface area (Å²) in [5, 5.41) is 0. The minimum atomic E-state index is -0.381. The first-order chi connectivity index (χ1) is 9.72. The number of ether oxygens (including phenoxy) is 2. The minimum Gasteiger partial charge on any atom is -0.454 e. The van der Waals surface area contributed by atoms with Crippen LogP contribution in [0.15, 0.2) is 42.5 Å². The molecule has 2 aromatic carbocycles. The van der Waals surface area contributed by atoms with Gasteiger partial charge < -0.3 is 15.2 Å². The fourth-order valence-corrected chi connectivity index (χ4v) is 1.94. The van der Waals surface area contributed by atoms with Crippen LogP contribution in [-0.2, 0) is 17.8 Å². The molecule has 0 heterocycles. The Morgan fingerprint density at radius 1 is 1.10 bits per heavy atom. The zero-order chi connectivity index (χ0) is 14.4. The summed E-state index contributed by atoms with van der Waals surface area (Å²) in [5.74, 6) is 0.415. The number of methoxy groups -OCH3 is 1. The Labute approximate surface area is 118 Å². The van der Waals surface area contributed by atoms with Crippen molar-refractivity contribution in [1.82, 2.24) is 0 Å². The van der Waals surface area contributed by atoms with E-state index in [0.717, 1.165) is 11.1 Å². The molecule has 0 aliphatic heterocycles. The molecule has 0 amide bonds. The maximum Gasteiger partial charge on any atom is 0.165 e. The van der Waals surface area contributed by atoms with Gasteiger partial charge in [-0.2, -0.15) is 0 Å². The van der Waals surface area contributed by atoms with Crippen LogP contribution in [0.4, 0.5) is 4.39 Å². The molecule has 2 rings (SSSR count). The number of nitrogens with two attached hydrogens (primary N) is 1. The largest absolute Gasteiger partial charge is 0.454 e. The van der Waals surface area contributed by atoms with Crippen molar-refractivity contribution in [2.24, 2.45) is 5.73 Å². The van der Waals surface area contributed by atoms with Crippen LogP contribution in [-0.4, -0.2) is 13.7 Å². The summed E-state index contributed by atoms with van der Waals surface area (Å²) in [6.07, 6.45) is 0.653. The Kier molecular flexibility index (Phi) is 5.09. The second-order valence-electron chi connectivity index (χ2n) is 4.49. The average Bonchev–Trinajstić information content (AvgIpc) is 2.43. The molecule has 4 heteroatoms. The van der Waals surface area contributed by atoms with Gasteiger partial charge in [-0.05, 0) is 48.4 Å². The maximum absolute atomic E-state index is 13.9. The highest BCUT2D eigenvalue weighted by atomic mass is 19.1. The Bertz CT molecular complexity index is 572. The molecule has 0 unspecified atom stereocenters. The summed E-state index contributed by atoms with van der Waals surface area (Å²) in [6, 6.07) is 12.3. The van der Waals surface area contributed by atoms with E-state index in [-0.39, 0.29) is 11.6 Å². The Morgan fingerprint density at radius 2 is 1.95 bits per heavy atom. The predicted molar refractivity (Wildman–Crippen MR) is 76.4 cm³/mol. The van der Waals surface area contributed by atoms with Crippen LogP contribution in [0.25, 0.3) is 0 Å². The second kappa shape index (κ2) is 7.03. The molecular formula is C16H18FNO2. The van der Waals surface area contributed by atoms with E-state index in [1.807, 2.05) is 24.3 Å². The molecule has 0 saturated heterocycles. The van der Waals surface area contributed by atoms with Crippen LogP contribution in [0.2, 0.25) is 0 Å². The zero-order valence-electron chi connectivity index (χ0n) is 11.4. The van der Waals surface area contributed by atoms with Gasteiger partial charge >= 0.3 is 0 Å². The summed E-state index contributed by atoms with van der Waals surface area (Å²) in [4.78, 5) is 0. The Morgan fingerprint density at radius 3 is 2.65 bits per heavy atom. The molecule has 0 atom stereocenters. The molecule has 0 fully saturated rings. The third-order valence-corrected chi connectivity index (χ3v) is 2.87. The van der Waals surface area contributed by atoms with E-state index in [4.69, 9.17) is 15.2 Å². The molecule has 0 spiro atoms. The lowest BCUT2D eigenvalue weighted by Crippen LogP contribution is -2.03. The molecular weight excluding hydrogens is 257 g/mol. The van der Waals surface area contributed by atoms with Gasteiger partial charge in [0, 0.05) is 7.11 Å². The van der Waals surface area contributed by atoms with Gasteiger partial charge in [-0.3, -0.25) is 0 Å². The van der Waals surface area contributed by atoms with E-state index < -0.39 is 0 Å². The van der Waals surface area contributed by atoms with Crippen LogP contribution >= 0.6 is 0 Å². The highest BCUT2D eigenvalue weighted by Gasteiger charge is 2.06. The summed E-state index contributed by atoms with van der Waals surface area (Å²) in [7, 11) is 1.63. The Balaban J connectivity index is 2.15. The smallest absolute Gasteiger partial charge is 0.165 e. The van der Waals surface area contributed by atoms with Gasteiger partial charge in [-0.1, -0.05) is 18.2 Å². The first-order valence-electron chi connectivity index (χ1n) is 6.47. The van der Waals surface area contributed by atoms with Gasteiger partial charge in [-0.25, -0.2) is 4.39 Å². The SMILES string of the molecule is COCc1cccc(Oc2ccc(CCN)cc2F)c1. The maximum atomic E-state index is 13.9. The summed E-state index contributed by atoms with van der Waals surface area (Å²) in [6.45, 7) is 0.994. The molecule has 2 aromatic rings. The number of hydrogen-bond acceptors (Lipinski definition) is 3. The number of rotatable bonds is 6. The standard InChI is InChI=1S/C16H18FNO2/c1-19-11-13-3-2-4-14(9-13)20-16-6-5-12(7-8-18)10-15(16)17/h2-6,9-10H,7-8,11,18H2,1H3. The fraction of sp³-hybridized carbons (Fsp3) is 0.250. The van der Waals surface area contributed by atoms with Crippen LogP contribution < -0.4 is 10.5 Å². The van der Waals surface area contributed by atoms with Crippen molar-refractivity contribution in [2.45, 2.75) is 13.0 Å². The molecule has 106 valence electrons. The van der Waals surface area contributed by atoms with Gasteiger partial charge in [0.25, 0.3) is 0 Å². The first kappa shape index (κ1) is 14.5. The second-order valence-corrected chi connectivity index (χ2v) is 4.49. The molecule has 0 bridgehead atoms. The van der Waals surface area contributed by atoms with Crippen LogP contribution in [0, 0.1) is 5.82 Å². The normalized spacial score (nSPS) is 10.6. The number of benzene rings is 2. The lowest BCUT2D eigenvalue weighted by atomic mass is 10.1. The van der Waals surface area contributed by atoms with Crippen molar-refractivity contribution in [3.05, 3.63) is 59.4 Å². The average molecular weight is 275 g/mol. The predicted octanol–water partition coefficient (Wildman–Crippen LogP) is 3.27. The van der Waals surface area contributed by atoms with Crippen LogP contribution in [0.5, 0.6) is 11.5 Å². The van der Waals surface area contributed by atoms with Crippen molar-refractivity contribution in [1.29, 1.82) is 0 Å². The molecule has 20 heavy (non-hydrogen) atoms. The highest BCUT2D eigenvalue weighted by Crippen LogP contribution is 2.26. The van der Waals surface area contributed by atoms with Crippen molar-refractivity contribution in [3.8, 4) is 11.5 Å². The van der Waals surface area contributed by atoms with E-state index in [1.54, 1.807) is 19.2 Å². The number of halogens is 1. The summed E-state index contributed by atoms with van der Waals surface area (Å²) >= 11 is 0. The quantitative estimate of drug-likeness (QED) is 0.880. The summed E-state index contributed by atoms with van der Waals surface area (Å²) in [5.41, 5.74) is 7.30. The van der Waals surface area contributed by atoms with Crippen molar-refractivity contribution >= 4 is 0 Å². The lowest BCUT2D eigenvalue weighted by molar-refractivity contribution is 0.184. The zero-order valence-corrected chi connectivity index (χ0v) is 11.4. The monoisotopic (exact) mass is 275 g/mol. The van der Waals surface area contributed by atoms with Crippen molar-refractivity contribution < 1.29 is 13.9 Å². The lowest BCUT2D eigenvalue weighted by Gasteiger charge is -2.09.